The van der Waals surface area contributed by atoms with Crippen LogP contribution in [0.4, 0.5) is 11.5 Å². The first-order valence-corrected chi connectivity index (χ1v) is 5.59. The summed E-state index contributed by atoms with van der Waals surface area (Å²) < 4.78 is 4.71. The van der Waals surface area contributed by atoms with Crippen molar-refractivity contribution in [2.75, 3.05) is 18.2 Å². The number of esters is 1. The number of carbonyl (C=O) groups is 1. The summed E-state index contributed by atoms with van der Waals surface area (Å²) in [6, 6.07) is 1.09. The zero-order valence-corrected chi connectivity index (χ0v) is 10.8. The van der Waals surface area contributed by atoms with Gasteiger partial charge in [-0.3, -0.25) is 0 Å². The van der Waals surface area contributed by atoms with Crippen LogP contribution in [-0.2, 0) is 9.53 Å². The summed E-state index contributed by atoms with van der Waals surface area (Å²) in [5.41, 5.74) is 6.15. The van der Waals surface area contributed by atoms with E-state index in [0.717, 1.165) is 0 Å². The minimum absolute atomic E-state index is 0.0549. The highest BCUT2D eigenvalue weighted by Gasteiger charge is 2.23. The number of nitrogens with zero attached hydrogens (tertiary/aromatic N) is 1. The van der Waals surface area contributed by atoms with Crippen LogP contribution in [0.1, 0.15) is 13.8 Å². The second kappa shape index (κ2) is 5.72. The van der Waals surface area contributed by atoms with E-state index in [1.165, 1.54) is 13.3 Å². The standard InChI is InChI=1S/C11H16ClN3O2/c1-6(2)9(11(16)17-3)15-10-8(13)4-7(12)5-14-10/h4-6,9H,13H2,1-3H3,(H,14,15). The van der Waals surface area contributed by atoms with E-state index in [9.17, 15) is 4.79 Å². The Morgan fingerprint density at radius 1 is 1.59 bits per heavy atom. The van der Waals surface area contributed by atoms with Crippen molar-refractivity contribution in [1.82, 2.24) is 4.98 Å². The molecule has 1 aromatic heterocycles. The number of methoxy groups -OCH3 is 1. The van der Waals surface area contributed by atoms with Crippen LogP contribution in [0.2, 0.25) is 5.02 Å². The quantitative estimate of drug-likeness (QED) is 0.806. The van der Waals surface area contributed by atoms with Gasteiger partial charge >= 0.3 is 5.97 Å². The second-order valence-corrected chi connectivity index (χ2v) is 4.42. The molecule has 0 bridgehead atoms. The minimum atomic E-state index is -0.490. The minimum Gasteiger partial charge on any atom is -0.467 e. The number of aromatic nitrogens is 1. The Hall–Kier alpha value is -1.49. The molecule has 0 aromatic carbocycles. The van der Waals surface area contributed by atoms with Gasteiger partial charge < -0.3 is 15.8 Å². The van der Waals surface area contributed by atoms with Crippen molar-refractivity contribution < 1.29 is 9.53 Å². The SMILES string of the molecule is COC(=O)C(Nc1ncc(Cl)cc1N)C(C)C. The molecule has 0 fully saturated rings. The summed E-state index contributed by atoms with van der Waals surface area (Å²) in [4.78, 5) is 15.6. The molecule has 0 spiro atoms. The summed E-state index contributed by atoms with van der Waals surface area (Å²) in [6.45, 7) is 3.81. The van der Waals surface area contributed by atoms with Crippen LogP contribution in [-0.4, -0.2) is 24.1 Å². The first-order valence-electron chi connectivity index (χ1n) is 5.21. The third-order valence-electron chi connectivity index (χ3n) is 2.30. The van der Waals surface area contributed by atoms with E-state index in [1.807, 2.05) is 13.8 Å². The summed E-state index contributed by atoms with van der Waals surface area (Å²) in [5.74, 6) is 0.133. The van der Waals surface area contributed by atoms with Crippen LogP contribution in [0.5, 0.6) is 0 Å². The molecule has 1 atom stereocenters. The molecule has 0 radical (unpaired) electrons. The Labute approximate surface area is 105 Å². The number of nitrogens with two attached hydrogens (primary N) is 1. The van der Waals surface area contributed by atoms with Gasteiger partial charge in [-0.05, 0) is 12.0 Å². The highest BCUT2D eigenvalue weighted by atomic mass is 35.5. The van der Waals surface area contributed by atoms with E-state index in [0.29, 0.717) is 16.5 Å². The molecule has 1 heterocycles. The number of pyridine rings is 1. The molecule has 0 aliphatic rings. The van der Waals surface area contributed by atoms with Gasteiger partial charge in [0.05, 0.1) is 17.8 Å². The predicted octanol–water partition coefficient (Wildman–Crippen LogP) is 1.93. The Morgan fingerprint density at radius 2 is 2.24 bits per heavy atom. The van der Waals surface area contributed by atoms with E-state index in [2.05, 4.69) is 10.3 Å². The van der Waals surface area contributed by atoms with Crippen molar-refractivity contribution in [1.29, 1.82) is 0 Å². The van der Waals surface area contributed by atoms with Crippen LogP contribution >= 0.6 is 11.6 Å². The number of hydrogen-bond donors (Lipinski definition) is 2. The third kappa shape index (κ3) is 3.49. The lowest BCUT2D eigenvalue weighted by molar-refractivity contribution is -0.142. The smallest absolute Gasteiger partial charge is 0.328 e. The lowest BCUT2D eigenvalue weighted by atomic mass is 10.0. The fourth-order valence-electron chi connectivity index (χ4n) is 1.35. The maximum atomic E-state index is 11.6. The highest BCUT2D eigenvalue weighted by Crippen LogP contribution is 2.21. The van der Waals surface area contributed by atoms with Gasteiger partial charge in [0.1, 0.15) is 11.9 Å². The maximum Gasteiger partial charge on any atom is 0.328 e. The lowest BCUT2D eigenvalue weighted by Crippen LogP contribution is -2.36. The Bertz CT molecular complexity index is 410. The zero-order chi connectivity index (χ0) is 13.0. The van der Waals surface area contributed by atoms with Crippen LogP contribution in [0.15, 0.2) is 12.3 Å². The Balaban J connectivity index is 2.90. The largest absolute Gasteiger partial charge is 0.467 e. The molecule has 94 valence electrons. The predicted molar refractivity (Wildman–Crippen MR) is 67.9 cm³/mol. The van der Waals surface area contributed by atoms with Crippen LogP contribution in [0.25, 0.3) is 0 Å². The molecule has 1 rings (SSSR count). The number of rotatable bonds is 4. The van der Waals surface area contributed by atoms with E-state index >= 15 is 0 Å². The fraction of sp³-hybridized carbons (Fsp3) is 0.455. The van der Waals surface area contributed by atoms with E-state index in [4.69, 9.17) is 22.1 Å². The van der Waals surface area contributed by atoms with Gasteiger partial charge in [0.2, 0.25) is 0 Å². The normalized spacial score (nSPS) is 12.3. The number of ether oxygens (including phenoxy) is 1. The maximum absolute atomic E-state index is 11.6. The molecule has 6 heteroatoms. The molecule has 1 unspecified atom stereocenters. The molecule has 5 nitrogen and oxygen atoms in total. The molecular formula is C11H16ClN3O2. The number of nitrogen functional groups attached to an aromatic ring is 1. The highest BCUT2D eigenvalue weighted by molar-refractivity contribution is 6.30. The van der Waals surface area contributed by atoms with Crippen molar-refractivity contribution >= 4 is 29.1 Å². The molecule has 0 saturated carbocycles. The summed E-state index contributed by atoms with van der Waals surface area (Å²) in [5, 5.41) is 3.41. The summed E-state index contributed by atoms with van der Waals surface area (Å²) in [7, 11) is 1.35. The van der Waals surface area contributed by atoms with Crippen molar-refractivity contribution in [3.8, 4) is 0 Å². The van der Waals surface area contributed by atoms with Gasteiger partial charge in [-0.1, -0.05) is 25.4 Å². The molecule has 0 aliphatic carbocycles. The van der Waals surface area contributed by atoms with Crippen molar-refractivity contribution in [3.63, 3.8) is 0 Å². The van der Waals surface area contributed by atoms with E-state index in [-0.39, 0.29) is 11.9 Å². The average molecular weight is 258 g/mol. The number of anilines is 2. The Morgan fingerprint density at radius 3 is 2.71 bits per heavy atom. The topological polar surface area (TPSA) is 77.2 Å². The van der Waals surface area contributed by atoms with Gasteiger partial charge in [0.15, 0.2) is 0 Å². The molecule has 17 heavy (non-hydrogen) atoms. The molecule has 3 N–H and O–H groups in total. The number of halogens is 1. The number of hydrogen-bond acceptors (Lipinski definition) is 5. The summed E-state index contributed by atoms with van der Waals surface area (Å²) in [6.07, 6.45) is 1.47. The van der Waals surface area contributed by atoms with Gasteiger partial charge in [0.25, 0.3) is 0 Å². The number of nitrogens with one attached hydrogen (secondary N) is 1. The van der Waals surface area contributed by atoms with Gasteiger partial charge in [-0.25, -0.2) is 9.78 Å². The zero-order valence-electron chi connectivity index (χ0n) is 10.0. The van der Waals surface area contributed by atoms with E-state index in [1.54, 1.807) is 6.07 Å². The lowest BCUT2D eigenvalue weighted by Gasteiger charge is -2.21. The van der Waals surface area contributed by atoms with Gasteiger partial charge in [0, 0.05) is 6.20 Å². The number of carbonyl (C=O) groups excluding carboxylic acids is 1. The van der Waals surface area contributed by atoms with Crippen LogP contribution in [0, 0.1) is 5.92 Å². The van der Waals surface area contributed by atoms with Crippen molar-refractivity contribution in [2.45, 2.75) is 19.9 Å². The van der Waals surface area contributed by atoms with Crippen LogP contribution < -0.4 is 11.1 Å². The summed E-state index contributed by atoms with van der Waals surface area (Å²) >= 11 is 5.74. The molecule has 0 amide bonds. The molecule has 0 aliphatic heterocycles. The van der Waals surface area contributed by atoms with E-state index < -0.39 is 6.04 Å². The van der Waals surface area contributed by atoms with Crippen molar-refractivity contribution in [2.24, 2.45) is 5.92 Å². The molecular weight excluding hydrogens is 242 g/mol. The first kappa shape index (κ1) is 13.6. The fourth-order valence-corrected chi connectivity index (χ4v) is 1.51. The van der Waals surface area contributed by atoms with Crippen molar-refractivity contribution in [3.05, 3.63) is 17.3 Å². The average Bonchev–Trinajstić information content (AvgIpc) is 2.26. The molecule has 1 aromatic rings. The van der Waals surface area contributed by atoms with Crippen LogP contribution in [0.3, 0.4) is 0 Å². The molecule has 0 saturated heterocycles. The van der Waals surface area contributed by atoms with Gasteiger partial charge in [-0.2, -0.15) is 0 Å². The second-order valence-electron chi connectivity index (χ2n) is 3.98. The van der Waals surface area contributed by atoms with Gasteiger partial charge in [-0.15, -0.1) is 0 Å². The first-order chi connectivity index (χ1) is 7.95. The third-order valence-corrected chi connectivity index (χ3v) is 2.50. The monoisotopic (exact) mass is 257 g/mol. The Kier molecular flexibility index (Phi) is 4.57.